The third kappa shape index (κ3) is 2.82. The third-order valence-electron chi connectivity index (χ3n) is 1.83. The van der Waals surface area contributed by atoms with Gasteiger partial charge in [-0.05, 0) is 30.0 Å². The molecule has 102 valence electrons. The molecule has 0 aliphatic heterocycles. The second-order valence-electron chi connectivity index (χ2n) is 3.26. The molecule has 0 bridgehead atoms. The number of rotatable bonds is 3. The van der Waals surface area contributed by atoms with Crippen LogP contribution in [0, 0.1) is 0 Å². The van der Waals surface area contributed by atoms with Crippen LogP contribution < -0.4 is 5.73 Å². The van der Waals surface area contributed by atoms with E-state index in [1.807, 2.05) is 0 Å². The van der Waals surface area contributed by atoms with Crippen LogP contribution in [0.1, 0.15) is 0 Å². The SMILES string of the molecule is Nc1cccc(SC(F)(F)C(F)(F)C(F)(F)F)c1. The highest BCUT2D eigenvalue weighted by molar-refractivity contribution is 8.00. The number of hydrogen-bond acceptors (Lipinski definition) is 2. The molecule has 0 saturated carbocycles. The van der Waals surface area contributed by atoms with Crippen LogP contribution >= 0.6 is 11.8 Å². The summed E-state index contributed by atoms with van der Waals surface area (Å²) in [6.07, 6.45) is -6.33. The highest BCUT2D eigenvalue weighted by atomic mass is 32.2. The molecule has 0 unspecified atom stereocenters. The van der Waals surface area contributed by atoms with Gasteiger partial charge < -0.3 is 5.73 Å². The molecule has 2 N–H and O–H groups in total. The summed E-state index contributed by atoms with van der Waals surface area (Å²) in [4.78, 5) is -0.482. The summed E-state index contributed by atoms with van der Waals surface area (Å²) in [5, 5.41) is -5.32. The molecule has 1 rings (SSSR count). The Kier molecular flexibility index (Phi) is 3.75. The number of nitrogen functional groups attached to an aromatic ring is 1. The molecule has 1 aromatic rings. The van der Waals surface area contributed by atoms with Gasteiger partial charge in [-0.1, -0.05) is 6.07 Å². The van der Waals surface area contributed by atoms with E-state index >= 15 is 0 Å². The molecule has 0 aromatic heterocycles. The molecule has 0 amide bonds. The first-order valence-electron chi connectivity index (χ1n) is 4.34. The van der Waals surface area contributed by atoms with Gasteiger partial charge in [-0.3, -0.25) is 0 Å². The van der Waals surface area contributed by atoms with Gasteiger partial charge in [0.1, 0.15) is 0 Å². The fraction of sp³-hybridized carbons (Fsp3) is 0.333. The molecule has 0 saturated heterocycles. The van der Waals surface area contributed by atoms with E-state index in [2.05, 4.69) is 0 Å². The van der Waals surface area contributed by atoms with Crippen molar-refractivity contribution >= 4 is 17.4 Å². The van der Waals surface area contributed by atoms with Crippen LogP contribution in [-0.4, -0.2) is 17.4 Å². The highest BCUT2D eigenvalue weighted by Gasteiger charge is 2.73. The number of alkyl halides is 7. The van der Waals surface area contributed by atoms with E-state index in [1.54, 1.807) is 0 Å². The normalized spacial score (nSPS) is 13.7. The molecule has 1 nitrogen and oxygen atoms in total. The number of nitrogens with two attached hydrogens (primary N) is 1. The summed E-state index contributed by atoms with van der Waals surface area (Å²) in [5.74, 6) is -6.13. The first-order valence-corrected chi connectivity index (χ1v) is 5.16. The molecule has 0 atom stereocenters. The Bertz CT molecular complexity index is 429. The average molecular weight is 293 g/mol. The van der Waals surface area contributed by atoms with Crippen molar-refractivity contribution in [2.45, 2.75) is 22.2 Å². The van der Waals surface area contributed by atoms with Gasteiger partial charge in [0.15, 0.2) is 0 Å². The topological polar surface area (TPSA) is 26.0 Å². The van der Waals surface area contributed by atoms with Gasteiger partial charge in [0.2, 0.25) is 0 Å². The van der Waals surface area contributed by atoms with Gasteiger partial charge in [-0.2, -0.15) is 30.7 Å². The Morgan fingerprint density at radius 1 is 0.944 bits per heavy atom. The van der Waals surface area contributed by atoms with E-state index in [4.69, 9.17) is 5.73 Å². The van der Waals surface area contributed by atoms with Crippen molar-refractivity contribution in [1.82, 2.24) is 0 Å². The van der Waals surface area contributed by atoms with E-state index in [1.165, 1.54) is 12.1 Å². The Labute approximate surface area is 101 Å². The number of thioether (sulfide) groups is 1. The fourth-order valence-corrected chi connectivity index (χ4v) is 1.84. The van der Waals surface area contributed by atoms with Crippen molar-refractivity contribution in [2.24, 2.45) is 0 Å². The third-order valence-corrected chi connectivity index (χ3v) is 2.83. The van der Waals surface area contributed by atoms with E-state index in [9.17, 15) is 30.7 Å². The van der Waals surface area contributed by atoms with Crippen molar-refractivity contribution in [3.63, 3.8) is 0 Å². The van der Waals surface area contributed by atoms with Crippen molar-refractivity contribution in [3.8, 4) is 0 Å². The summed E-state index contributed by atoms with van der Waals surface area (Å²) >= 11 is -0.889. The van der Waals surface area contributed by atoms with Crippen LogP contribution in [0.5, 0.6) is 0 Å². The van der Waals surface area contributed by atoms with Gasteiger partial charge >= 0.3 is 17.4 Å². The molecular weight excluding hydrogens is 287 g/mol. The van der Waals surface area contributed by atoms with Crippen LogP contribution in [0.2, 0.25) is 0 Å². The quantitative estimate of drug-likeness (QED) is 0.514. The largest absolute Gasteiger partial charge is 0.460 e. The monoisotopic (exact) mass is 293 g/mol. The highest BCUT2D eigenvalue weighted by Crippen LogP contribution is 2.53. The van der Waals surface area contributed by atoms with Gasteiger partial charge in [-0.25, -0.2) is 0 Å². The minimum Gasteiger partial charge on any atom is -0.399 e. The standard InChI is InChI=1S/C9H6F7NS/c10-7(11,8(12,13)14)9(15,16)18-6-3-1-2-5(17)4-6/h1-4H,17H2. The minimum absolute atomic E-state index is 0.0221. The maximum absolute atomic E-state index is 13.0. The predicted molar refractivity (Wildman–Crippen MR) is 52.7 cm³/mol. The molecule has 18 heavy (non-hydrogen) atoms. The number of anilines is 1. The van der Waals surface area contributed by atoms with Crippen LogP contribution in [0.3, 0.4) is 0 Å². The summed E-state index contributed by atoms with van der Waals surface area (Å²) < 4.78 is 86.6. The average Bonchev–Trinajstić information content (AvgIpc) is 2.14. The Morgan fingerprint density at radius 3 is 1.94 bits per heavy atom. The predicted octanol–water partition coefficient (Wildman–Crippen LogP) is 4.15. The molecular formula is C9H6F7NS. The molecule has 0 heterocycles. The second-order valence-corrected chi connectivity index (χ2v) is 4.45. The zero-order valence-electron chi connectivity index (χ0n) is 8.44. The maximum atomic E-state index is 13.0. The van der Waals surface area contributed by atoms with E-state index in [0.29, 0.717) is 0 Å². The van der Waals surface area contributed by atoms with Crippen LogP contribution in [0.4, 0.5) is 36.4 Å². The van der Waals surface area contributed by atoms with Crippen molar-refractivity contribution in [2.75, 3.05) is 5.73 Å². The molecule has 1 aromatic carbocycles. The molecule has 0 spiro atoms. The lowest BCUT2D eigenvalue weighted by Gasteiger charge is -2.27. The first kappa shape index (κ1) is 14.9. The minimum atomic E-state index is -6.33. The summed E-state index contributed by atoms with van der Waals surface area (Å²) in [5.41, 5.74) is 5.18. The van der Waals surface area contributed by atoms with Crippen molar-refractivity contribution in [1.29, 1.82) is 0 Å². The number of benzene rings is 1. The maximum Gasteiger partial charge on any atom is 0.460 e. The van der Waals surface area contributed by atoms with Gasteiger partial charge in [-0.15, -0.1) is 0 Å². The zero-order chi connectivity index (χ0) is 14.2. The molecule has 0 fully saturated rings. The zero-order valence-corrected chi connectivity index (χ0v) is 9.26. The molecule has 0 aliphatic rings. The Hall–Kier alpha value is -1.12. The lowest BCUT2D eigenvalue weighted by atomic mass is 10.3. The van der Waals surface area contributed by atoms with Gasteiger partial charge in [0, 0.05) is 10.6 Å². The van der Waals surface area contributed by atoms with Crippen LogP contribution in [-0.2, 0) is 0 Å². The Balaban J connectivity index is 3.01. The summed E-state index contributed by atoms with van der Waals surface area (Å²) in [7, 11) is 0. The van der Waals surface area contributed by atoms with Crippen molar-refractivity contribution in [3.05, 3.63) is 24.3 Å². The molecule has 0 radical (unpaired) electrons. The summed E-state index contributed by atoms with van der Waals surface area (Å²) in [6, 6.07) is 4.29. The molecule has 0 aliphatic carbocycles. The number of hydrogen-bond donors (Lipinski definition) is 1. The van der Waals surface area contributed by atoms with E-state index in [0.717, 1.165) is 12.1 Å². The van der Waals surface area contributed by atoms with Crippen molar-refractivity contribution < 1.29 is 30.7 Å². The van der Waals surface area contributed by atoms with E-state index in [-0.39, 0.29) is 5.69 Å². The summed E-state index contributed by atoms with van der Waals surface area (Å²) in [6.45, 7) is 0. The fourth-order valence-electron chi connectivity index (χ4n) is 0.955. The second kappa shape index (κ2) is 4.52. The van der Waals surface area contributed by atoms with Crippen LogP contribution in [0.25, 0.3) is 0 Å². The van der Waals surface area contributed by atoms with Gasteiger partial charge in [0.05, 0.1) is 0 Å². The lowest BCUT2D eigenvalue weighted by Crippen LogP contribution is -2.49. The van der Waals surface area contributed by atoms with E-state index < -0.39 is 34.0 Å². The number of halogens is 7. The van der Waals surface area contributed by atoms with Gasteiger partial charge in [0.25, 0.3) is 0 Å². The smallest absolute Gasteiger partial charge is 0.399 e. The lowest BCUT2D eigenvalue weighted by molar-refractivity contribution is -0.330. The first-order chi connectivity index (χ1) is 7.97. The van der Waals surface area contributed by atoms with Crippen LogP contribution in [0.15, 0.2) is 29.2 Å². The Morgan fingerprint density at radius 2 is 1.50 bits per heavy atom. The molecule has 9 heteroatoms.